The molecule has 0 radical (unpaired) electrons. The summed E-state index contributed by atoms with van der Waals surface area (Å²) in [6.07, 6.45) is 8.30. The van der Waals surface area contributed by atoms with E-state index >= 15 is 0 Å². The second-order valence-electron chi connectivity index (χ2n) is 6.19. The number of nitrogens with two attached hydrogens (primary N) is 1. The maximum atomic E-state index is 12.2. The summed E-state index contributed by atoms with van der Waals surface area (Å²) in [5, 5.41) is 3.90. The number of primary amides is 1. The number of rotatable bonds is 4. The van der Waals surface area contributed by atoms with Crippen molar-refractivity contribution in [3.05, 3.63) is 42.1 Å². The highest BCUT2D eigenvalue weighted by atomic mass is 16.2. The summed E-state index contributed by atoms with van der Waals surface area (Å²) >= 11 is 0. The maximum Gasteiger partial charge on any atom is 0.244 e. The number of hydrogen-bond acceptors (Lipinski definition) is 2. The number of amides is 2. The van der Waals surface area contributed by atoms with E-state index in [-0.39, 0.29) is 5.91 Å². The zero-order chi connectivity index (χ0) is 16.4. The Labute approximate surface area is 135 Å². The third-order valence-electron chi connectivity index (χ3n) is 4.63. The summed E-state index contributed by atoms with van der Waals surface area (Å²) < 4.78 is 2.02. The summed E-state index contributed by atoms with van der Waals surface area (Å²) in [6, 6.07) is 8.02. The number of carbonyl (C=O) groups excluding carboxylic acids is 2. The van der Waals surface area contributed by atoms with Gasteiger partial charge in [0.05, 0.1) is 0 Å². The molecule has 5 nitrogen and oxygen atoms in total. The summed E-state index contributed by atoms with van der Waals surface area (Å²) in [7, 11) is 1.97. The largest absolute Gasteiger partial charge is 0.368 e. The summed E-state index contributed by atoms with van der Waals surface area (Å²) in [6.45, 7) is 0. The highest BCUT2D eigenvalue weighted by molar-refractivity contribution is 5.99. The molecule has 1 fully saturated rings. The molecule has 1 aliphatic rings. The van der Waals surface area contributed by atoms with Gasteiger partial charge >= 0.3 is 0 Å². The molecule has 1 aliphatic carbocycles. The van der Waals surface area contributed by atoms with Crippen LogP contribution in [0.4, 0.5) is 0 Å². The van der Waals surface area contributed by atoms with E-state index in [0.717, 1.165) is 29.3 Å². The Hall–Kier alpha value is -2.56. The maximum absolute atomic E-state index is 12.2. The number of nitrogens with one attached hydrogen (secondary N) is 1. The van der Waals surface area contributed by atoms with Crippen LogP contribution < -0.4 is 11.1 Å². The summed E-state index contributed by atoms with van der Waals surface area (Å²) in [5.41, 5.74) is 6.69. The topological polar surface area (TPSA) is 77.1 Å². The van der Waals surface area contributed by atoms with Crippen LogP contribution in [0.3, 0.4) is 0 Å². The minimum atomic E-state index is -0.875. The molecule has 3 N–H and O–H groups in total. The molecule has 1 aromatic carbocycles. The number of benzene rings is 1. The first-order chi connectivity index (χ1) is 11.0. The molecule has 0 atom stereocenters. The summed E-state index contributed by atoms with van der Waals surface area (Å²) in [5.74, 6) is -0.722. The Morgan fingerprint density at radius 3 is 2.65 bits per heavy atom. The number of aromatic nitrogens is 1. The van der Waals surface area contributed by atoms with E-state index in [4.69, 9.17) is 5.73 Å². The fourth-order valence-corrected chi connectivity index (χ4v) is 3.36. The predicted molar refractivity (Wildman–Crippen MR) is 90.5 cm³/mol. The number of aryl methyl sites for hydroxylation is 1. The van der Waals surface area contributed by atoms with Crippen molar-refractivity contribution < 1.29 is 9.59 Å². The van der Waals surface area contributed by atoms with Gasteiger partial charge in [-0.2, -0.15) is 0 Å². The van der Waals surface area contributed by atoms with Gasteiger partial charge in [-0.15, -0.1) is 0 Å². The molecule has 1 aromatic heterocycles. The smallest absolute Gasteiger partial charge is 0.244 e. The standard InChI is InChI=1S/C18H21N3O2/c1-21-12-13(14-6-2-3-7-15(14)21)8-9-16(22)20-18(17(19)23)10-4-5-11-18/h2-3,6-9,12H,4-5,10-11H2,1H3,(H2,19,23)(H,20,22)/b9-8-. The van der Waals surface area contributed by atoms with Crippen LogP contribution in [0, 0.1) is 0 Å². The number of hydrogen-bond donors (Lipinski definition) is 2. The minimum Gasteiger partial charge on any atom is -0.368 e. The second kappa shape index (κ2) is 5.91. The van der Waals surface area contributed by atoms with Gasteiger partial charge < -0.3 is 15.6 Å². The molecule has 120 valence electrons. The first kappa shape index (κ1) is 15.3. The van der Waals surface area contributed by atoms with Crippen molar-refractivity contribution in [2.75, 3.05) is 0 Å². The molecular weight excluding hydrogens is 290 g/mol. The van der Waals surface area contributed by atoms with Gasteiger partial charge in [0, 0.05) is 35.8 Å². The predicted octanol–water partition coefficient (Wildman–Crippen LogP) is 2.11. The number of nitrogens with zero attached hydrogens (tertiary/aromatic N) is 1. The number of para-hydroxylation sites is 1. The Kier molecular flexibility index (Phi) is 3.94. The van der Waals surface area contributed by atoms with E-state index in [9.17, 15) is 9.59 Å². The zero-order valence-corrected chi connectivity index (χ0v) is 13.2. The van der Waals surface area contributed by atoms with Crippen LogP contribution in [0.25, 0.3) is 17.0 Å². The van der Waals surface area contributed by atoms with Gasteiger partial charge in [0.15, 0.2) is 0 Å². The molecule has 2 amide bonds. The van der Waals surface area contributed by atoms with E-state index in [1.54, 1.807) is 6.08 Å². The van der Waals surface area contributed by atoms with Gasteiger partial charge in [-0.1, -0.05) is 31.0 Å². The lowest BCUT2D eigenvalue weighted by Gasteiger charge is -2.25. The van der Waals surface area contributed by atoms with Crippen LogP contribution in [-0.2, 0) is 16.6 Å². The SMILES string of the molecule is Cn1cc(/C=C\C(=O)NC2(C(N)=O)CCCC2)c2ccccc21. The third kappa shape index (κ3) is 2.86. The molecule has 0 bridgehead atoms. The molecule has 1 saturated carbocycles. The van der Waals surface area contributed by atoms with Gasteiger partial charge in [-0.3, -0.25) is 9.59 Å². The molecule has 0 spiro atoms. The van der Waals surface area contributed by atoms with Crippen LogP contribution in [0.1, 0.15) is 31.2 Å². The number of fused-ring (bicyclic) bond motifs is 1. The van der Waals surface area contributed by atoms with Crippen molar-refractivity contribution in [1.29, 1.82) is 0 Å². The fourth-order valence-electron chi connectivity index (χ4n) is 3.36. The van der Waals surface area contributed by atoms with Crippen LogP contribution in [0.5, 0.6) is 0 Å². The Bertz CT molecular complexity index is 783. The average molecular weight is 311 g/mol. The van der Waals surface area contributed by atoms with Gasteiger partial charge in [0.25, 0.3) is 0 Å². The van der Waals surface area contributed by atoms with Gasteiger partial charge in [-0.25, -0.2) is 0 Å². The van der Waals surface area contributed by atoms with E-state index in [1.807, 2.05) is 42.1 Å². The molecule has 0 aliphatic heterocycles. The van der Waals surface area contributed by atoms with E-state index in [2.05, 4.69) is 5.32 Å². The Morgan fingerprint density at radius 1 is 1.26 bits per heavy atom. The van der Waals surface area contributed by atoms with Crippen LogP contribution in [0.2, 0.25) is 0 Å². The molecule has 2 aromatic rings. The van der Waals surface area contributed by atoms with Crippen LogP contribution in [0.15, 0.2) is 36.5 Å². The van der Waals surface area contributed by atoms with E-state index in [0.29, 0.717) is 12.8 Å². The Balaban J connectivity index is 1.79. The molecule has 5 heteroatoms. The third-order valence-corrected chi connectivity index (χ3v) is 4.63. The van der Waals surface area contributed by atoms with Gasteiger partial charge in [0.2, 0.25) is 11.8 Å². The quantitative estimate of drug-likeness (QED) is 0.848. The highest BCUT2D eigenvalue weighted by Crippen LogP contribution is 2.29. The molecule has 0 unspecified atom stereocenters. The minimum absolute atomic E-state index is 0.279. The molecule has 3 rings (SSSR count). The number of carbonyl (C=O) groups is 2. The lowest BCUT2D eigenvalue weighted by atomic mass is 9.96. The van der Waals surface area contributed by atoms with Crippen molar-refractivity contribution in [1.82, 2.24) is 9.88 Å². The summed E-state index contributed by atoms with van der Waals surface area (Å²) in [4.78, 5) is 23.9. The first-order valence-electron chi connectivity index (χ1n) is 7.86. The second-order valence-corrected chi connectivity index (χ2v) is 6.19. The lowest BCUT2D eigenvalue weighted by molar-refractivity contribution is -0.129. The van der Waals surface area contributed by atoms with Crippen molar-refractivity contribution >= 4 is 28.8 Å². The Morgan fingerprint density at radius 2 is 1.96 bits per heavy atom. The van der Waals surface area contributed by atoms with Gasteiger partial charge in [0.1, 0.15) is 5.54 Å². The van der Waals surface area contributed by atoms with Crippen LogP contribution in [-0.4, -0.2) is 21.9 Å². The average Bonchev–Trinajstić information content (AvgIpc) is 3.12. The van der Waals surface area contributed by atoms with Crippen LogP contribution >= 0.6 is 0 Å². The fraction of sp³-hybridized carbons (Fsp3) is 0.333. The normalized spacial score (nSPS) is 16.9. The van der Waals surface area contributed by atoms with Gasteiger partial charge in [-0.05, 0) is 25.0 Å². The molecule has 0 saturated heterocycles. The highest BCUT2D eigenvalue weighted by Gasteiger charge is 2.40. The first-order valence-corrected chi connectivity index (χ1v) is 7.86. The molecular formula is C18H21N3O2. The van der Waals surface area contributed by atoms with Crippen molar-refractivity contribution in [2.45, 2.75) is 31.2 Å². The van der Waals surface area contributed by atoms with Crippen molar-refractivity contribution in [3.8, 4) is 0 Å². The molecule has 1 heterocycles. The molecule has 23 heavy (non-hydrogen) atoms. The lowest BCUT2D eigenvalue weighted by Crippen LogP contribution is -2.55. The van der Waals surface area contributed by atoms with E-state index in [1.165, 1.54) is 6.08 Å². The monoisotopic (exact) mass is 311 g/mol. The van der Waals surface area contributed by atoms with Crippen molar-refractivity contribution in [3.63, 3.8) is 0 Å². The van der Waals surface area contributed by atoms with E-state index < -0.39 is 11.4 Å². The van der Waals surface area contributed by atoms with Crippen molar-refractivity contribution in [2.24, 2.45) is 12.8 Å². The zero-order valence-electron chi connectivity index (χ0n) is 13.2.